The van der Waals surface area contributed by atoms with Gasteiger partial charge >= 0.3 is 6.03 Å². The zero-order chi connectivity index (χ0) is 21.8. The maximum atomic E-state index is 13.1. The molecule has 0 bridgehead atoms. The molecule has 0 radical (unpaired) electrons. The average Bonchev–Trinajstić information content (AvgIpc) is 3.30. The first-order valence-electron chi connectivity index (χ1n) is 9.95. The first kappa shape index (κ1) is 20.6. The molecule has 31 heavy (non-hydrogen) atoms. The third kappa shape index (κ3) is 4.60. The fraction of sp³-hybridized carbons (Fsp3) is 0.318. The van der Waals surface area contributed by atoms with Crippen LogP contribution >= 0.6 is 0 Å². The summed E-state index contributed by atoms with van der Waals surface area (Å²) >= 11 is 0. The van der Waals surface area contributed by atoms with Gasteiger partial charge in [-0.15, -0.1) is 0 Å². The minimum absolute atomic E-state index is 0.0706. The van der Waals surface area contributed by atoms with Gasteiger partial charge in [-0.2, -0.15) is 4.98 Å². The van der Waals surface area contributed by atoms with Crippen molar-refractivity contribution in [3.63, 3.8) is 0 Å². The number of benzene rings is 2. The number of anilines is 1. The van der Waals surface area contributed by atoms with Crippen molar-refractivity contribution in [1.29, 1.82) is 0 Å². The number of piperidine rings is 1. The van der Waals surface area contributed by atoms with E-state index in [0.717, 1.165) is 0 Å². The monoisotopic (exact) mass is 426 g/mol. The summed E-state index contributed by atoms with van der Waals surface area (Å²) in [6, 6.07) is 11.0. The topological polar surface area (TPSA) is 89.7 Å². The van der Waals surface area contributed by atoms with E-state index in [0.29, 0.717) is 60.4 Å². The van der Waals surface area contributed by atoms with Gasteiger partial charge < -0.3 is 24.2 Å². The van der Waals surface area contributed by atoms with Crippen LogP contribution in [0.3, 0.4) is 0 Å². The van der Waals surface area contributed by atoms with Crippen molar-refractivity contribution in [2.24, 2.45) is 0 Å². The van der Waals surface area contributed by atoms with E-state index in [-0.39, 0.29) is 17.8 Å². The number of methoxy groups -OCH3 is 2. The lowest BCUT2D eigenvalue weighted by Gasteiger charge is -2.30. The van der Waals surface area contributed by atoms with Crippen molar-refractivity contribution in [2.45, 2.75) is 18.8 Å². The summed E-state index contributed by atoms with van der Waals surface area (Å²) in [6.45, 7) is 1.12. The number of urea groups is 1. The molecule has 0 saturated carbocycles. The van der Waals surface area contributed by atoms with Gasteiger partial charge in [0.25, 0.3) is 0 Å². The quantitative estimate of drug-likeness (QED) is 0.654. The Balaban J connectivity index is 1.36. The van der Waals surface area contributed by atoms with Gasteiger partial charge in [0.05, 0.1) is 19.9 Å². The van der Waals surface area contributed by atoms with E-state index in [4.69, 9.17) is 14.0 Å². The van der Waals surface area contributed by atoms with E-state index in [2.05, 4.69) is 15.5 Å². The summed E-state index contributed by atoms with van der Waals surface area (Å²) in [6.07, 6.45) is 1.41. The van der Waals surface area contributed by atoms with Gasteiger partial charge in [0.15, 0.2) is 0 Å². The summed E-state index contributed by atoms with van der Waals surface area (Å²) in [5, 5.41) is 6.90. The number of likely N-dealkylation sites (tertiary alicyclic amines) is 1. The SMILES string of the molecule is COc1ccc(NC(=O)N2CCC(c3nc(-c4ccc(F)cc4)no3)CC2)c(OC)c1. The Morgan fingerprint density at radius 2 is 1.87 bits per heavy atom. The molecule has 0 atom stereocenters. The molecule has 8 nitrogen and oxygen atoms in total. The molecular formula is C22H23FN4O4. The van der Waals surface area contributed by atoms with Crippen LogP contribution in [-0.4, -0.2) is 48.4 Å². The van der Waals surface area contributed by atoms with Crippen molar-refractivity contribution in [2.75, 3.05) is 32.6 Å². The fourth-order valence-corrected chi connectivity index (χ4v) is 3.54. The van der Waals surface area contributed by atoms with Crippen molar-refractivity contribution >= 4 is 11.7 Å². The highest BCUT2D eigenvalue weighted by Crippen LogP contribution is 2.31. The molecule has 4 rings (SSSR count). The smallest absolute Gasteiger partial charge is 0.321 e. The highest BCUT2D eigenvalue weighted by atomic mass is 19.1. The van der Waals surface area contributed by atoms with Crippen molar-refractivity contribution in [1.82, 2.24) is 15.0 Å². The number of halogens is 1. The maximum absolute atomic E-state index is 13.1. The van der Waals surface area contributed by atoms with Gasteiger partial charge in [0.1, 0.15) is 17.3 Å². The number of amides is 2. The molecule has 2 heterocycles. The second kappa shape index (κ2) is 9.03. The van der Waals surface area contributed by atoms with Crippen LogP contribution in [0.25, 0.3) is 11.4 Å². The van der Waals surface area contributed by atoms with Crippen LogP contribution in [0.15, 0.2) is 47.0 Å². The molecule has 9 heteroatoms. The molecular weight excluding hydrogens is 403 g/mol. The number of hydrogen-bond acceptors (Lipinski definition) is 6. The van der Waals surface area contributed by atoms with E-state index in [9.17, 15) is 9.18 Å². The van der Waals surface area contributed by atoms with Gasteiger partial charge in [0, 0.05) is 30.6 Å². The van der Waals surface area contributed by atoms with Crippen LogP contribution in [0.2, 0.25) is 0 Å². The van der Waals surface area contributed by atoms with Gasteiger partial charge in [-0.1, -0.05) is 5.16 Å². The summed E-state index contributed by atoms with van der Waals surface area (Å²) in [5.41, 5.74) is 1.28. The van der Waals surface area contributed by atoms with Crippen LogP contribution < -0.4 is 14.8 Å². The normalized spacial score (nSPS) is 14.4. The Morgan fingerprint density at radius 1 is 1.13 bits per heavy atom. The number of aromatic nitrogens is 2. The molecule has 0 aliphatic carbocycles. The fourth-order valence-electron chi connectivity index (χ4n) is 3.54. The highest BCUT2D eigenvalue weighted by Gasteiger charge is 2.28. The number of hydrogen-bond donors (Lipinski definition) is 1. The standard InChI is InChI=1S/C22H23FN4O4/c1-29-17-7-8-18(19(13-17)30-2)24-22(28)27-11-9-15(10-12-27)21-25-20(26-31-21)14-3-5-16(23)6-4-14/h3-8,13,15H,9-12H2,1-2H3,(H,24,28). The van der Waals surface area contributed by atoms with Crippen LogP contribution in [0, 0.1) is 5.82 Å². The zero-order valence-corrected chi connectivity index (χ0v) is 17.3. The predicted octanol–water partition coefficient (Wildman–Crippen LogP) is 4.30. The molecule has 0 spiro atoms. The van der Waals surface area contributed by atoms with Gasteiger partial charge in [0.2, 0.25) is 11.7 Å². The molecule has 2 amide bonds. The summed E-state index contributed by atoms with van der Waals surface area (Å²) in [4.78, 5) is 18.9. The van der Waals surface area contributed by atoms with E-state index in [1.807, 2.05) is 0 Å². The largest absolute Gasteiger partial charge is 0.497 e. The minimum Gasteiger partial charge on any atom is -0.497 e. The lowest BCUT2D eigenvalue weighted by atomic mass is 9.97. The second-order valence-corrected chi connectivity index (χ2v) is 7.22. The van der Waals surface area contributed by atoms with E-state index in [1.54, 1.807) is 49.5 Å². The van der Waals surface area contributed by atoms with Gasteiger partial charge in [-0.05, 0) is 49.2 Å². The van der Waals surface area contributed by atoms with Crippen LogP contribution in [0.1, 0.15) is 24.7 Å². The van der Waals surface area contributed by atoms with Gasteiger partial charge in [-0.25, -0.2) is 9.18 Å². The average molecular weight is 426 g/mol. The predicted molar refractivity (Wildman–Crippen MR) is 112 cm³/mol. The third-order valence-corrected chi connectivity index (χ3v) is 5.33. The van der Waals surface area contributed by atoms with E-state index >= 15 is 0 Å². The molecule has 2 aromatic carbocycles. The lowest BCUT2D eigenvalue weighted by molar-refractivity contribution is 0.187. The van der Waals surface area contributed by atoms with Gasteiger partial charge in [-0.3, -0.25) is 0 Å². The Morgan fingerprint density at radius 3 is 2.55 bits per heavy atom. The van der Waals surface area contributed by atoms with Crippen molar-refractivity contribution < 1.29 is 23.2 Å². The highest BCUT2D eigenvalue weighted by molar-refractivity contribution is 5.91. The number of carbonyl (C=O) groups excluding carboxylic acids is 1. The number of carbonyl (C=O) groups is 1. The molecule has 1 saturated heterocycles. The summed E-state index contributed by atoms with van der Waals surface area (Å²) in [5.74, 6) is 1.90. The minimum atomic E-state index is -0.314. The molecule has 1 aliphatic rings. The Hall–Kier alpha value is -3.62. The number of nitrogens with one attached hydrogen (secondary N) is 1. The number of nitrogens with zero attached hydrogens (tertiary/aromatic N) is 3. The van der Waals surface area contributed by atoms with Crippen molar-refractivity contribution in [3.8, 4) is 22.9 Å². The molecule has 1 aliphatic heterocycles. The molecule has 1 N–H and O–H groups in total. The Kier molecular flexibility index (Phi) is 6.01. The molecule has 3 aromatic rings. The molecule has 0 unspecified atom stereocenters. The van der Waals surface area contributed by atoms with Crippen LogP contribution in [0.4, 0.5) is 14.9 Å². The summed E-state index contributed by atoms with van der Waals surface area (Å²) in [7, 11) is 3.11. The molecule has 1 aromatic heterocycles. The Labute approximate surface area is 179 Å². The molecule has 162 valence electrons. The van der Waals surface area contributed by atoms with Crippen molar-refractivity contribution in [3.05, 3.63) is 54.2 Å². The van der Waals surface area contributed by atoms with E-state index < -0.39 is 0 Å². The second-order valence-electron chi connectivity index (χ2n) is 7.22. The Bertz CT molecular complexity index is 1050. The lowest BCUT2D eigenvalue weighted by Crippen LogP contribution is -2.40. The summed E-state index contributed by atoms with van der Waals surface area (Å²) < 4.78 is 29.0. The number of ether oxygens (including phenoxy) is 2. The first-order valence-corrected chi connectivity index (χ1v) is 9.95. The van der Waals surface area contributed by atoms with Crippen LogP contribution in [-0.2, 0) is 0 Å². The first-order chi connectivity index (χ1) is 15.1. The molecule has 1 fully saturated rings. The third-order valence-electron chi connectivity index (χ3n) is 5.33. The maximum Gasteiger partial charge on any atom is 0.321 e. The zero-order valence-electron chi connectivity index (χ0n) is 17.3. The number of rotatable bonds is 5. The van der Waals surface area contributed by atoms with E-state index in [1.165, 1.54) is 12.1 Å². The van der Waals surface area contributed by atoms with Crippen LogP contribution in [0.5, 0.6) is 11.5 Å².